The van der Waals surface area contributed by atoms with E-state index in [4.69, 9.17) is 5.11 Å². The van der Waals surface area contributed by atoms with Crippen LogP contribution in [0, 0.1) is 0 Å². The van der Waals surface area contributed by atoms with Gasteiger partial charge in [-0.3, -0.25) is 19.3 Å². The van der Waals surface area contributed by atoms with Crippen LogP contribution in [-0.4, -0.2) is 45.3 Å². The number of rotatable bonds is 5. The standard InChI is InChI=1S/C14H14N2O5/c1-2-9-3-5-10(6-4-9)7-15-12(19)13(20)16(14(15)21)8-11(17)18/h3-6H,2,7-8H2,1H3,(H,17,18). The first-order valence-electron chi connectivity index (χ1n) is 6.41. The molecule has 0 aromatic heterocycles. The number of hydrogen-bond acceptors (Lipinski definition) is 4. The second kappa shape index (κ2) is 5.74. The number of carboxylic acids is 1. The van der Waals surface area contributed by atoms with Gasteiger partial charge in [-0.05, 0) is 17.5 Å². The molecule has 7 heteroatoms. The molecule has 0 saturated carbocycles. The zero-order valence-corrected chi connectivity index (χ0v) is 11.4. The Morgan fingerprint density at radius 1 is 1.00 bits per heavy atom. The largest absolute Gasteiger partial charge is 0.480 e. The lowest BCUT2D eigenvalue weighted by Gasteiger charge is -2.14. The van der Waals surface area contributed by atoms with Gasteiger partial charge in [0.1, 0.15) is 6.54 Å². The number of carbonyl (C=O) groups is 4. The zero-order chi connectivity index (χ0) is 15.6. The smallest absolute Gasteiger partial charge is 0.335 e. The maximum Gasteiger partial charge on any atom is 0.335 e. The molecule has 21 heavy (non-hydrogen) atoms. The summed E-state index contributed by atoms with van der Waals surface area (Å²) in [6, 6.07) is 6.38. The third-order valence-electron chi connectivity index (χ3n) is 3.20. The predicted molar refractivity (Wildman–Crippen MR) is 71.1 cm³/mol. The van der Waals surface area contributed by atoms with E-state index in [0.29, 0.717) is 10.5 Å². The van der Waals surface area contributed by atoms with Crippen LogP contribution in [0.15, 0.2) is 24.3 Å². The summed E-state index contributed by atoms with van der Waals surface area (Å²) in [7, 11) is 0. The molecule has 0 bridgehead atoms. The van der Waals surface area contributed by atoms with Gasteiger partial charge < -0.3 is 5.11 Å². The summed E-state index contributed by atoms with van der Waals surface area (Å²) in [5, 5.41) is 8.65. The van der Waals surface area contributed by atoms with Crippen molar-refractivity contribution in [2.75, 3.05) is 6.54 Å². The van der Waals surface area contributed by atoms with E-state index in [1.807, 2.05) is 19.1 Å². The number of amides is 4. The van der Waals surface area contributed by atoms with E-state index in [1.165, 1.54) is 0 Å². The third-order valence-corrected chi connectivity index (χ3v) is 3.20. The summed E-state index contributed by atoms with van der Waals surface area (Å²) in [6.07, 6.45) is 0.868. The van der Waals surface area contributed by atoms with Gasteiger partial charge in [0.25, 0.3) is 0 Å². The zero-order valence-electron chi connectivity index (χ0n) is 11.4. The summed E-state index contributed by atoms with van der Waals surface area (Å²) in [5.41, 5.74) is 1.81. The second-order valence-electron chi connectivity index (χ2n) is 4.63. The molecule has 0 atom stereocenters. The molecule has 0 aliphatic carbocycles. The number of hydrogen-bond donors (Lipinski definition) is 1. The summed E-state index contributed by atoms with van der Waals surface area (Å²) >= 11 is 0. The highest BCUT2D eigenvalue weighted by Gasteiger charge is 2.45. The van der Waals surface area contributed by atoms with Crippen LogP contribution < -0.4 is 0 Å². The average Bonchev–Trinajstić information content (AvgIpc) is 2.65. The van der Waals surface area contributed by atoms with Gasteiger partial charge in [-0.25, -0.2) is 9.69 Å². The first-order chi connectivity index (χ1) is 9.93. The molecular weight excluding hydrogens is 276 g/mol. The lowest BCUT2D eigenvalue weighted by atomic mass is 10.1. The summed E-state index contributed by atoms with van der Waals surface area (Å²) in [4.78, 5) is 47.1. The Labute approximate surface area is 120 Å². The molecule has 7 nitrogen and oxygen atoms in total. The molecule has 1 aromatic carbocycles. The van der Waals surface area contributed by atoms with Gasteiger partial charge >= 0.3 is 23.8 Å². The topological polar surface area (TPSA) is 95.0 Å². The Morgan fingerprint density at radius 2 is 1.52 bits per heavy atom. The Bertz CT molecular complexity index is 608. The lowest BCUT2D eigenvalue weighted by Crippen LogP contribution is -2.36. The van der Waals surface area contributed by atoms with Crippen molar-refractivity contribution >= 4 is 23.8 Å². The maximum absolute atomic E-state index is 11.9. The molecule has 1 N–H and O–H groups in total. The fourth-order valence-corrected chi connectivity index (χ4v) is 2.03. The molecule has 0 unspecified atom stereocenters. The molecule has 0 spiro atoms. The van der Waals surface area contributed by atoms with Crippen molar-refractivity contribution in [2.24, 2.45) is 0 Å². The van der Waals surface area contributed by atoms with Crippen molar-refractivity contribution in [1.82, 2.24) is 9.80 Å². The molecule has 4 amide bonds. The van der Waals surface area contributed by atoms with E-state index < -0.39 is 30.4 Å². The molecule has 1 saturated heterocycles. The summed E-state index contributed by atoms with van der Waals surface area (Å²) in [5.74, 6) is -3.45. The number of carboxylic acid groups (broad SMARTS) is 1. The molecule has 1 heterocycles. The highest BCUT2D eigenvalue weighted by molar-refractivity contribution is 6.44. The van der Waals surface area contributed by atoms with Crippen molar-refractivity contribution in [3.63, 3.8) is 0 Å². The molecule has 1 aliphatic heterocycles. The van der Waals surface area contributed by atoms with E-state index in [-0.39, 0.29) is 6.54 Å². The molecule has 0 radical (unpaired) electrons. The highest BCUT2D eigenvalue weighted by atomic mass is 16.4. The Kier molecular flexibility index (Phi) is 4.02. The fourth-order valence-electron chi connectivity index (χ4n) is 2.03. The Morgan fingerprint density at radius 3 is 2.05 bits per heavy atom. The van der Waals surface area contributed by atoms with Gasteiger partial charge in [0.05, 0.1) is 6.54 Å². The fraction of sp³-hybridized carbons (Fsp3) is 0.286. The van der Waals surface area contributed by atoms with Crippen LogP contribution in [0.5, 0.6) is 0 Å². The monoisotopic (exact) mass is 290 g/mol. The number of benzene rings is 1. The van der Waals surface area contributed by atoms with Crippen LogP contribution in [-0.2, 0) is 27.3 Å². The van der Waals surface area contributed by atoms with E-state index in [9.17, 15) is 19.2 Å². The third kappa shape index (κ3) is 2.91. The van der Waals surface area contributed by atoms with Crippen molar-refractivity contribution in [3.8, 4) is 0 Å². The van der Waals surface area contributed by atoms with Crippen molar-refractivity contribution in [3.05, 3.63) is 35.4 Å². The van der Waals surface area contributed by atoms with Crippen LogP contribution in [0.2, 0.25) is 0 Å². The van der Waals surface area contributed by atoms with Gasteiger partial charge in [0.2, 0.25) is 0 Å². The number of aliphatic carboxylic acids is 1. The number of imide groups is 2. The molecule has 1 aromatic rings. The van der Waals surface area contributed by atoms with Crippen LogP contribution in [0.3, 0.4) is 0 Å². The first-order valence-corrected chi connectivity index (χ1v) is 6.41. The minimum absolute atomic E-state index is 0.0521. The maximum atomic E-state index is 11.9. The van der Waals surface area contributed by atoms with Gasteiger partial charge in [0.15, 0.2) is 0 Å². The van der Waals surface area contributed by atoms with E-state index in [2.05, 4.69) is 0 Å². The first kappa shape index (κ1) is 14.7. The van der Waals surface area contributed by atoms with Crippen molar-refractivity contribution in [2.45, 2.75) is 19.9 Å². The van der Waals surface area contributed by atoms with Crippen LogP contribution >= 0.6 is 0 Å². The number of nitrogens with zero attached hydrogens (tertiary/aromatic N) is 2. The van der Waals surface area contributed by atoms with Gasteiger partial charge in [-0.15, -0.1) is 0 Å². The van der Waals surface area contributed by atoms with Crippen molar-refractivity contribution < 1.29 is 24.3 Å². The van der Waals surface area contributed by atoms with Gasteiger partial charge in [-0.1, -0.05) is 31.2 Å². The van der Waals surface area contributed by atoms with Crippen LogP contribution in [0.1, 0.15) is 18.1 Å². The quantitative estimate of drug-likeness (QED) is 0.633. The predicted octanol–water partition coefficient (Wildman–Crippen LogP) is 0.624. The molecule has 110 valence electrons. The van der Waals surface area contributed by atoms with E-state index in [0.717, 1.165) is 16.9 Å². The van der Waals surface area contributed by atoms with Crippen LogP contribution in [0.25, 0.3) is 0 Å². The molecule has 1 aliphatic rings. The van der Waals surface area contributed by atoms with Gasteiger partial charge in [-0.2, -0.15) is 0 Å². The van der Waals surface area contributed by atoms with E-state index >= 15 is 0 Å². The second-order valence-corrected chi connectivity index (χ2v) is 4.63. The summed E-state index contributed by atoms with van der Waals surface area (Å²) in [6.45, 7) is 1.14. The molecule has 2 rings (SSSR count). The normalized spacial score (nSPS) is 15.0. The minimum atomic E-state index is -1.35. The summed E-state index contributed by atoms with van der Waals surface area (Å²) < 4.78 is 0. The Hall–Kier alpha value is -2.70. The number of carbonyl (C=O) groups excluding carboxylic acids is 3. The number of urea groups is 1. The molecule has 1 fully saturated rings. The molecular formula is C14H14N2O5. The Balaban J connectivity index is 2.15. The average molecular weight is 290 g/mol. The van der Waals surface area contributed by atoms with Crippen molar-refractivity contribution in [1.29, 1.82) is 0 Å². The van der Waals surface area contributed by atoms with Crippen LogP contribution in [0.4, 0.5) is 4.79 Å². The van der Waals surface area contributed by atoms with E-state index in [1.54, 1.807) is 12.1 Å². The van der Waals surface area contributed by atoms with Gasteiger partial charge in [0, 0.05) is 0 Å². The SMILES string of the molecule is CCc1ccc(CN2C(=O)C(=O)N(CC(=O)O)C2=O)cc1. The lowest BCUT2D eigenvalue weighted by molar-refractivity contribution is -0.146. The number of aryl methyl sites for hydroxylation is 1. The minimum Gasteiger partial charge on any atom is -0.480 e. The highest BCUT2D eigenvalue weighted by Crippen LogP contribution is 2.16.